The van der Waals surface area contributed by atoms with Gasteiger partial charge in [-0.15, -0.1) is 0 Å². The number of hydrogen-bond donors (Lipinski definition) is 1. The maximum Gasteiger partial charge on any atom is 0.303 e. The summed E-state index contributed by atoms with van der Waals surface area (Å²) in [7, 11) is 0. The number of amides is 1. The van der Waals surface area contributed by atoms with E-state index in [0.717, 1.165) is 42.0 Å². The van der Waals surface area contributed by atoms with Crippen LogP contribution in [-0.2, 0) is 9.59 Å². The van der Waals surface area contributed by atoms with Crippen LogP contribution in [0.3, 0.4) is 0 Å². The van der Waals surface area contributed by atoms with Crippen molar-refractivity contribution in [2.24, 2.45) is 0 Å². The van der Waals surface area contributed by atoms with Crippen molar-refractivity contribution in [3.8, 4) is 16.9 Å². The van der Waals surface area contributed by atoms with Gasteiger partial charge < -0.3 is 14.7 Å². The molecular formula is C26H26N2O4S2. The molecule has 1 fully saturated rings. The summed E-state index contributed by atoms with van der Waals surface area (Å²) in [6, 6.07) is 16.4. The summed E-state index contributed by atoms with van der Waals surface area (Å²) in [4.78, 5) is 27.7. The summed E-state index contributed by atoms with van der Waals surface area (Å²) in [5, 5.41) is 8.74. The van der Waals surface area contributed by atoms with Crippen LogP contribution >= 0.6 is 24.0 Å². The number of carboxylic acid groups (broad SMARTS) is 1. The number of rotatable bonds is 9. The van der Waals surface area contributed by atoms with Gasteiger partial charge in [0.15, 0.2) is 5.75 Å². The van der Waals surface area contributed by atoms with Crippen LogP contribution in [0.25, 0.3) is 11.1 Å². The summed E-state index contributed by atoms with van der Waals surface area (Å²) < 4.78 is 6.62. The third-order valence-corrected chi connectivity index (χ3v) is 7.07. The van der Waals surface area contributed by atoms with Crippen LogP contribution in [0.1, 0.15) is 32.6 Å². The number of carbonyl (C=O) groups is 2. The molecule has 2 aromatic rings. The molecule has 34 heavy (non-hydrogen) atoms. The number of carboxylic acids is 1. The monoisotopic (exact) mass is 494 g/mol. The summed E-state index contributed by atoms with van der Waals surface area (Å²) in [6.07, 6.45) is 5.81. The van der Waals surface area contributed by atoms with E-state index in [1.165, 1.54) is 11.8 Å². The van der Waals surface area contributed by atoms with Crippen molar-refractivity contribution in [3.05, 3.63) is 71.5 Å². The Morgan fingerprint density at radius 2 is 1.85 bits per heavy atom. The molecule has 0 aromatic heterocycles. The van der Waals surface area contributed by atoms with Gasteiger partial charge in [0.1, 0.15) is 4.32 Å². The van der Waals surface area contributed by atoms with Crippen molar-refractivity contribution in [3.63, 3.8) is 0 Å². The van der Waals surface area contributed by atoms with Crippen molar-refractivity contribution < 1.29 is 19.4 Å². The average Bonchev–Trinajstić information content (AvgIpc) is 3.33. The van der Waals surface area contributed by atoms with E-state index in [-0.39, 0.29) is 12.3 Å². The van der Waals surface area contributed by atoms with Crippen LogP contribution in [0.15, 0.2) is 71.5 Å². The highest BCUT2D eigenvalue weighted by Gasteiger charge is 2.32. The topological polar surface area (TPSA) is 70.1 Å². The second kappa shape index (κ2) is 10.9. The number of benzene rings is 2. The van der Waals surface area contributed by atoms with E-state index in [4.69, 9.17) is 22.1 Å². The Hall–Kier alpha value is -3.10. The molecule has 1 amide bonds. The van der Waals surface area contributed by atoms with E-state index in [1.807, 2.05) is 36.4 Å². The number of carbonyl (C=O) groups excluding carboxylic acids is 1. The van der Waals surface area contributed by atoms with Gasteiger partial charge in [0.2, 0.25) is 5.88 Å². The largest absolute Gasteiger partial charge is 0.481 e. The Morgan fingerprint density at radius 1 is 1.06 bits per heavy atom. The third-order valence-electron chi connectivity index (χ3n) is 5.68. The predicted octanol–water partition coefficient (Wildman–Crippen LogP) is 5.80. The quantitative estimate of drug-likeness (QED) is 0.268. The lowest BCUT2D eigenvalue weighted by molar-refractivity contribution is -0.137. The number of aliphatic carboxylic acids is 1. The molecule has 2 aliphatic heterocycles. The normalized spacial score (nSPS) is 17.6. The molecule has 2 heterocycles. The molecule has 0 saturated carbocycles. The highest BCUT2D eigenvalue weighted by Crippen LogP contribution is 2.41. The van der Waals surface area contributed by atoms with Crippen molar-refractivity contribution in [1.29, 1.82) is 0 Å². The lowest BCUT2D eigenvalue weighted by Gasteiger charge is -2.16. The maximum atomic E-state index is 12.8. The molecule has 2 aromatic carbocycles. The molecule has 1 N–H and O–H groups in total. The highest BCUT2D eigenvalue weighted by atomic mass is 32.2. The third kappa shape index (κ3) is 5.34. The smallest absolute Gasteiger partial charge is 0.303 e. The van der Waals surface area contributed by atoms with E-state index in [1.54, 1.807) is 11.0 Å². The first kappa shape index (κ1) is 24.0. The summed E-state index contributed by atoms with van der Waals surface area (Å²) in [5.74, 6) is 0.544. The minimum Gasteiger partial charge on any atom is -0.481 e. The van der Waals surface area contributed by atoms with Crippen LogP contribution in [0.5, 0.6) is 5.75 Å². The number of thiocarbonyl (C=S) groups is 1. The molecule has 1 saturated heterocycles. The van der Waals surface area contributed by atoms with Crippen LogP contribution in [0, 0.1) is 0 Å². The zero-order chi connectivity index (χ0) is 24.1. The number of thioether (sulfide) groups is 1. The molecule has 0 radical (unpaired) electrons. The minimum absolute atomic E-state index is 0.116. The van der Waals surface area contributed by atoms with Crippen molar-refractivity contribution >= 4 is 45.9 Å². The number of fused-ring (bicyclic) bond motifs is 1. The van der Waals surface area contributed by atoms with E-state index in [9.17, 15) is 9.59 Å². The fraction of sp³-hybridized carbons (Fsp3) is 0.269. The van der Waals surface area contributed by atoms with Gasteiger partial charge in [-0.25, -0.2) is 0 Å². The van der Waals surface area contributed by atoms with Gasteiger partial charge in [-0.3, -0.25) is 14.5 Å². The molecule has 0 unspecified atom stereocenters. The first-order chi connectivity index (χ1) is 16.5. The van der Waals surface area contributed by atoms with Gasteiger partial charge >= 0.3 is 5.97 Å². The maximum absolute atomic E-state index is 12.8. The van der Waals surface area contributed by atoms with Crippen molar-refractivity contribution in [2.45, 2.75) is 32.6 Å². The molecule has 2 aliphatic rings. The van der Waals surface area contributed by atoms with Gasteiger partial charge in [-0.2, -0.15) is 0 Å². The molecule has 4 rings (SSSR count). The second-order valence-electron chi connectivity index (χ2n) is 7.96. The fourth-order valence-electron chi connectivity index (χ4n) is 3.94. The van der Waals surface area contributed by atoms with E-state index >= 15 is 0 Å². The van der Waals surface area contributed by atoms with Gasteiger partial charge in [0.05, 0.1) is 10.6 Å². The first-order valence-electron chi connectivity index (χ1n) is 11.3. The minimum atomic E-state index is -0.796. The standard InChI is InChI=1S/C26H26N2O4S2/c1-2-27-20-17-19(18-9-5-3-6-10-18)12-13-21(20)32-23(27)15-14-22-25(31)28(26(33)34-22)16-8-4-7-11-24(29)30/h3,5-6,9-10,12-15,17H,2,4,7-8,11,16H2,1H3,(H,29,30)/b22-14-,23-15+. The predicted molar refractivity (Wildman–Crippen MR) is 140 cm³/mol. The Bertz CT molecular complexity index is 1160. The van der Waals surface area contributed by atoms with Crippen LogP contribution in [-0.4, -0.2) is 39.3 Å². The van der Waals surface area contributed by atoms with Gasteiger partial charge in [0, 0.05) is 25.6 Å². The zero-order valence-electron chi connectivity index (χ0n) is 18.9. The number of ether oxygens (including phenoxy) is 1. The molecule has 176 valence electrons. The second-order valence-corrected chi connectivity index (χ2v) is 9.64. The van der Waals surface area contributed by atoms with Gasteiger partial charge in [-0.1, -0.05) is 66.8 Å². The molecule has 0 aliphatic carbocycles. The number of unbranched alkanes of at least 4 members (excludes halogenated alkanes) is 2. The Kier molecular flexibility index (Phi) is 7.70. The Morgan fingerprint density at radius 3 is 2.59 bits per heavy atom. The Balaban J connectivity index is 1.45. The van der Waals surface area contributed by atoms with E-state index in [0.29, 0.717) is 28.1 Å². The number of allylic oxidation sites excluding steroid dienone is 2. The Labute approximate surface area is 208 Å². The molecule has 0 spiro atoms. The lowest BCUT2D eigenvalue weighted by atomic mass is 10.0. The lowest BCUT2D eigenvalue weighted by Crippen LogP contribution is -2.29. The molecular weight excluding hydrogens is 468 g/mol. The van der Waals surface area contributed by atoms with Crippen molar-refractivity contribution in [1.82, 2.24) is 4.90 Å². The summed E-state index contributed by atoms with van der Waals surface area (Å²) >= 11 is 6.68. The van der Waals surface area contributed by atoms with E-state index < -0.39 is 5.97 Å². The highest BCUT2D eigenvalue weighted by molar-refractivity contribution is 8.26. The van der Waals surface area contributed by atoms with Crippen molar-refractivity contribution in [2.75, 3.05) is 18.0 Å². The molecule has 0 bridgehead atoms. The SMILES string of the molecule is CCN1/C(=C\C=C2/SC(=S)N(CCCCCC(=O)O)C2=O)Oc2ccc(-c3ccccc3)cc21. The molecule has 0 atom stereocenters. The first-order valence-corrected chi connectivity index (χ1v) is 12.5. The molecule has 6 nitrogen and oxygen atoms in total. The fourth-order valence-corrected chi connectivity index (χ4v) is 5.19. The van der Waals surface area contributed by atoms with Crippen LogP contribution in [0.2, 0.25) is 0 Å². The number of hydrogen-bond acceptors (Lipinski definition) is 6. The van der Waals surface area contributed by atoms with Gasteiger partial charge in [0.25, 0.3) is 5.91 Å². The van der Waals surface area contributed by atoms with Gasteiger partial charge in [-0.05, 0) is 49.1 Å². The van der Waals surface area contributed by atoms with Crippen LogP contribution in [0.4, 0.5) is 5.69 Å². The summed E-state index contributed by atoms with van der Waals surface area (Å²) in [6.45, 7) is 3.29. The van der Waals surface area contributed by atoms with Crippen LogP contribution < -0.4 is 9.64 Å². The average molecular weight is 495 g/mol. The van der Waals surface area contributed by atoms with E-state index in [2.05, 4.69) is 30.0 Å². The zero-order valence-corrected chi connectivity index (χ0v) is 20.5. The molecule has 8 heteroatoms. The number of anilines is 1. The summed E-state index contributed by atoms with van der Waals surface area (Å²) in [5.41, 5.74) is 3.26. The number of nitrogens with zero attached hydrogens (tertiary/aromatic N) is 2.